The van der Waals surface area contributed by atoms with E-state index in [2.05, 4.69) is 4.98 Å². The van der Waals surface area contributed by atoms with Crippen LogP contribution in [0.2, 0.25) is 0 Å². The van der Waals surface area contributed by atoms with Crippen molar-refractivity contribution >= 4 is 22.7 Å². The zero-order valence-electron chi connectivity index (χ0n) is 24.8. The van der Waals surface area contributed by atoms with Gasteiger partial charge in [-0.25, -0.2) is 13.6 Å². The number of aromatic nitrogens is 2. The predicted molar refractivity (Wildman–Crippen MR) is 162 cm³/mol. The van der Waals surface area contributed by atoms with E-state index in [1.165, 1.54) is 50.7 Å². The Kier molecular flexibility index (Phi) is 8.62. The van der Waals surface area contributed by atoms with Gasteiger partial charge in [-0.15, -0.1) is 0 Å². The fourth-order valence-corrected chi connectivity index (χ4v) is 5.00. The van der Waals surface area contributed by atoms with Gasteiger partial charge in [0, 0.05) is 29.8 Å². The molecule has 0 atom stereocenters. The highest BCUT2D eigenvalue weighted by atomic mass is 19.1. The summed E-state index contributed by atoms with van der Waals surface area (Å²) in [5.41, 5.74) is -0.367. The summed E-state index contributed by atoms with van der Waals surface area (Å²) in [7, 11) is 2.99. The molecule has 0 aliphatic rings. The second kappa shape index (κ2) is 12.6. The first kappa shape index (κ1) is 30.9. The summed E-state index contributed by atoms with van der Waals surface area (Å²) in [6.45, 7) is 3.45. The lowest BCUT2D eigenvalue weighted by Gasteiger charge is -2.18. The van der Waals surface area contributed by atoms with Crippen LogP contribution in [-0.4, -0.2) is 40.6 Å². The Morgan fingerprint density at radius 2 is 1.58 bits per heavy atom. The normalized spacial score (nSPS) is 11.1. The molecule has 0 spiro atoms. The summed E-state index contributed by atoms with van der Waals surface area (Å²) in [5, 5.41) is 10.5. The van der Waals surface area contributed by atoms with Crippen LogP contribution in [0.1, 0.15) is 51.7 Å². The second-order valence-corrected chi connectivity index (χ2v) is 10.4. The Morgan fingerprint density at radius 3 is 2.20 bits per heavy atom. The molecule has 0 fully saturated rings. The summed E-state index contributed by atoms with van der Waals surface area (Å²) >= 11 is 0. The van der Waals surface area contributed by atoms with Crippen molar-refractivity contribution in [2.75, 3.05) is 14.2 Å². The van der Waals surface area contributed by atoms with Crippen LogP contribution in [0.5, 0.6) is 23.0 Å². The predicted octanol–water partition coefficient (Wildman–Crippen LogP) is 6.72. The molecule has 0 radical (unpaired) electrons. The minimum absolute atomic E-state index is 0.0857. The van der Waals surface area contributed by atoms with Gasteiger partial charge in [0.1, 0.15) is 17.3 Å². The fourth-order valence-electron chi connectivity index (χ4n) is 5.00. The zero-order valence-corrected chi connectivity index (χ0v) is 24.8. The largest absolute Gasteiger partial charge is 0.493 e. The van der Waals surface area contributed by atoms with Crippen molar-refractivity contribution in [1.82, 2.24) is 9.55 Å². The summed E-state index contributed by atoms with van der Waals surface area (Å²) in [6.07, 6.45) is 1.16. The van der Waals surface area contributed by atoms with Crippen molar-refractivity contribution in [2.24, 2.45) is 0 Å². The van der Waals surface area contributed by atoms with E-state index in [-0.39, 0.29) is 46.2 Å². The number of nitrogens with zero attached hydrogens (tertiary/aromatic N) is 2. The molecule has 5 rings (SSSR count). The molecule has 0 amide bonds. The summed E-state index contributed by atoms with van der Waals surface area (Å²) in [4.78, 5) is 43.6. The number of rotatable bonds is 10. The van der Waals surface area contributed by atoms with Crippen molar-refractivity contribution in [3.05, 3.63) is 117 Å². The zero-order chi connectivity index (χ0) is 32.4. The van der Waals surface area contributed by atoms with Crippen LogP contribution in [-0.2, 0) is 6.42 Å². The standard InChI is InChI=1S/C34H28F2N2O7/c1-18(2)22-15-24(33(40)38(32(22)34(41)42)21-8-6-20(35)7-9-21)27(39)14-19-5-10-29(25(36)13-19)45-28-11-12-37-26-17-31(44-4)30(43-3)16-23(26)28/h5-13,15-18H,14H2,1-4H3,(H,41,42). The lowest BCUT2D eigenvalue weighted by atomic mass is 9.95. The first-order valence-electron chi connectivity index (χ1n) is 13.8. The number of ether oxygens (including phenoxy) is 3. The molecular weight excluding hydrogens is 586 g/mol. The van der Waals surface area contributed by atoms with Gasteiger partial charge >= 0.3 is 5.97 Å². The highest BCUT2D eigenvalue weighted by Gasteiger charge is 2.26. The Labute approximate surface area is 256 Å². The number of methoxy groups -OCH3 is 2. The first-order valence-corrected chi connectivity index (χ1v) is 13.8. The van der Waals surface area contributed by atoms with E-state index in [0.29, 0.717) is 28.2 Å². The van der Waals surface area contributed by atoms with E-state index < -0.39 is 28.9 Å². The van der Waals surface area contributed by atoms with Gasteiger partial charge in [0.25, 0.3) is 5.56 Å². The van der Waals surface area contributed by atoms with Crippen molar-refractivity contribution in [3.63, 3.8) is 0 Å². The molecule has 45 heavy (non-hydrogen) atoms. The van der Waals surface area contributed by atoms with Gasteiger partial charge in [-0.05, 0) is 71.6 Å². The number of ketones is 1. The molecule has 0 saturated carbocycles. The maximum Gasteiger partial charge on any atom is 0.353 e. The highest BCUT2D eigenvalue weighted by molar-refractivity contribution is 5.99. The average Bonchev–Trinajstić information content (AvgIpc) is 3.01. The number of fused-ring (bicyclic) bond motifs is 1. The van der Waals surface area contributed by atoms with E-state index in [4.69, 9.17) is 14.2 Å². The molecule has 5 aromatic rings. The number of aromatic carboxylic acids is 1. The Morgan fingerprint density at radius 1 is 0.889 bits per heavy atom. The molecule has 11 heteroatoms. The number of carbonyl (C=O) groups is 2. The molecule has 2 aromatic heterocycles. The van der Waals surface area contributed by atoms with E-state index in [9.17, 15) is 23.9 Å². The molecule has 0 aliphatic heterocycles. The Hall–Kier alpha value is -5.58. The number of pyridine rings is 2. The molecule has 0 bridgehead atoms. The lowest BCUT2D eigenvalue weighted by Crippen LogP contribution is -2.32. The molecule has 2 heterocycles. The lowest BCUT2D eigenvalue weighted by molar-refractivity contribution is 0.0684. The number of hydrogen-bond acceptors (Lipinski definition) is 7. The van der Waals surface area contributed by atoms with Crippen LogP contribution in [0.4, 0.5) is 8.78 Å². The molecule has 230 valence electrons. The average molecular weight is 615 g/mol. The summed E-state index contributed by atoms with van der Waals surface area (Å²) < 4.78 is 46.4. The van der Waals surface area contributed by atoms with Crippen LogP contribution in [0.15, 0.2) is 77.7 Å². The number of carbonyl (C=O) groups excluding carboxylic acids is 1. The van der Waals surface area contributed by atoms with Gasteiger partial charge < -0.3 is 19.3 Å². The van der Waals surface area contributed by atoms with E-state index in [1.54, 1.807) is 32.0 Å². The summed E-state index contributed by atoms with van der Waals surface area (Å²) in [6, 6.07) is 14.9. The van der Waals surface area contributed by atoms with Gasteiger partial charge in [-0.1, -0.05) is 19.9 Å². The van der Waals surface area contributed by atoms with Gasteiger partial charge in [-0.3, -0.25) is 19.1 Å². The van der Waals surface area contributed by atoms with Crippen LogP contribution in [0.3, 0.4) is 0 Å². The third-order valence-electron chi connectivity index (χ3n) is 7.23. The first-order chi connectivity index (χ1) is 21.5. The smallest absolute Gasteiger partial charge is 0.353 e. The summed E-state index contributed by atoms with van der Waals surface area (Å²) in [5.74, 6) is -2.63. The van der Waals surface area contributed by atoms with E-state index in [1.807, 2.05) is 0 Å². The van der Waals surface area contributed by atoms with Crippen LogP contribution in [0.25, 0.3) is 16.6 Å². The molecule has 3 aromatic carbocycles. The fraction of sp³-hybridized carbons (Fsp3) is 0.176. The van der Waals surface area contributed by atoms with Crippen LogP contribution < -0.4 is 19.8 Å². The number of carboxylic acid groups (broad SMARTS) is 1. The third kappa shape index (κ3) is 6.10. The van der Waals surface area contributed by atoms with Crippen molar-refractivity contribution in [3.8, 4) is 28.7 Å². The van der Waals surface area contributed by atoms with Gasteiger partial charge in [-0.2, -0.15) is 0 Å². The van der Waals surface area contributed by atoms with Crippen molar-refractivity contribution < 1.29 is 37.7 Å². The van der Waals surface area contributed by atoms with Crippen molar-refractivity contribution in [2.45, 2.75) is 26.2 Å². The van der Waals surface area contributed by atoms with Crippen LogP contribution >= 0.6 is 0 Å². The second-order valence-electron chi connectivity index (χ2n) is 10.4. The van der Waals surface area contributed by atoms with Crippen molar-refractivity contribution in [1.29, 1.82) is 0 Å². The van der Waals surface area contributed by atoms with Gasteiger partial charge in [0.05, 0.1) is 25.3 Å². The van der Waals surface area contributed by atoms with E-state index in [0.717, 1.165) is 22.8 Å². The maximum atomic E-state index is 15.3. The highest BCUT2D eigenvalue weighted by Crippen LogP contribution is 2.37. The Bertz CT molecular complexity index is 2000. The van der Waals surface area contributed by atoms with Gasteiger partial charge in [0.15, 0.2) is 28.8 Å². The Balaban J connectivity index is 1.48. The minimum atomic E-state index is -1.38. The molecular formula is C34H28F2N2O7. The quantitative estimate of drug-likeness (QED) is 0.172. The number of Topliss-reactive ketones (excluding diaryl/α,β-unsaturated/α-hetero) is 1. The third-order valence-corrected chi connectivity index (χ3v) is 7.23. The topological polar surface area (TPSA) is 117 Å². The number of carboxylic acids is 1. The maximum absolute atomic E-state index is 15.3. The van der Waals surface area contributed by atoms with E-state index >= 15 is 4.39 Å². The number of benzene rings is 3. The number of hydrogen-bond donors (Lipinski definition) is 1. The molecule has 0 saturated heterocycles. The minimum Gasteiger partial charge on any atom is -0.493 e. The molecule has 9 nitrogen and oxygen atoms in total. The number of halogens is 2. The molecule has 0 aliphatic carbocycles. The van der Waals surface area contributed by atoms with Crippen LogP contribution in [0, 0.1) is 11.6 Å². The molecule has 0 unspecified atom stereocenters. The molecule has 1 N–H and O–H groups in total. The van der Waals surface area contributed by atoms with Gasteiger partial charge in [0.2, 0.25) is 0 Å². The SMILES string of the molecule is COc1cc2nccc(Oc3ccc(CC(=O)c4cc(C(C)C)c(C(=O)O)n(-c5ccc(F)cc5)c4=O)cc3F)c2cc1OC. The monoisotopic (exact) mass is 614 g/mol.